The van der Waals surface area contributed by atoms with E-state index in [0.717, 1.165) is 31.0 Å². The second-order valence-electron chi connectivity index (χ2n) is 5.77. The predicted molar refractivity (Wildman–Crippen MR) is 71.7 cm³/mol. The van der Waals surface area contributed by atoms with Gasteiger partial charge in [0.05, 0.1) is 5.54 Å². The summed E-state index contributed by atoms with van der Waals surface area (Å²) in [6.45, 7) is 2.21. The highest BCUT2D eigenvalue weighted by atomic mass is 35.5. The Bertz CT molecular complexity index is 386. The number of nitrogens with zero attached hydrogens (tertiary/aromatic N) is 2. The van der Waals surface area contributed by atoms with Gasteiger partial charge in [-0.15, -0.1) is 12.4 Å². The zero-order valence-electron chi connectivity index (χ0n) is 10.9. The Morgan fingerprint density at radius 3 is 2.33 bits per heavy atom. The van der Waals surface area contributed by atoms with Crippen LogP contribution in [-0.2, 0) is 11.0 Å². The molecular formula is C13H22ClN3O. The minimum absolute atomic E-state index is 0. The quantitative estimate of drug-likeness (QED) is 0.918. The first kappa shape index (κ1) is 13.8. The molecule has 0 radical (unpaired) electrons. The number of rotatable bonds is 3. The van der Waals surface area contributed by atoms with Crippen molar-refractivity contribution in [2.45, 2.75) is 69.2 Å². The highest BCUT2D eigenvalue weighted by Gasteiger charge is 2.44. The SMILES string of the molecule is CCC1(c2nc(C3(N)CCCC3)no2)CCC1.Cl. The van der Waals surface area contributed by atoms with Crippen molar-refractivity contribution in [1.82, 2.24) is 10.1 Å². The van der Waals surface area contributed by atoms with Gasteiger partial charge in [0.25, 0.3) is 0 Å². The van der Waals surface area contributed by atoms with Gasteiger partial charge in [-0.2, -0.15) is 4.98 Å². The predicted octanol–water partition coefficient (Wildman–Crippen LogP) is 3.05. The molecule has 1 aromatic heterocycles. The molecule has 2 aliphatic rings. The minimum Gasteiger partial charge on any atom is -0.339 e. The maximum absolute atomic E-state index is 6.35. The van der Waals surface area contributed by atoms with Gasteiger partial charge in [0.15, 0.2) is 5.82 Å². The van der Waals surface area contributed by atoms with Crippen molar-refractivity contribution in [3.63, 3.8) is 0 Å². The average Bonchev–Trinajstić information content (AvgIpc) is 2.87. The summed E-state index contributed by atoms with van der Waals surface area (Å²) >= 11 is 0. The third-order valence-corrected chi connectivity index (χ3v) is 4.81. The summed E-state index contributed by atoms with van der Waals surface area (Å²) in [6.07, 6.45) is 9.08. The lowest BCUT2D eigenvalue weighted by Crippen LogP contribution is -2.36. The molecule has 18 heavy (non-hydrogen) atoms. The molecule has 1 heterocycles. The van der Waals surface area contributed by atoms with Crippen LogP contribution in [0.4, 0.5) is 0 Å². The van der Waals surface area contributed by atoms with Crippen LogP contribution < -0.4 is 5.73 Å². The van der Waals surface area contributed by atoms with Gasteiger partial charge in [0, 0.05) is 5.41 Å². The summed E-state index contributed by atoms with van der Waals surface area (Å²) in [6, 6.07) is 0. The van der Waals surface area contributed by atoms with E-state index >= 15 is 0 Å². The van der Waals surface area contributed by atoms with Crippen molar-refractivity contribution in [3.8, 4) is 0 Å². The molecule has 0 aromatic carbocycles. The lowest BCUT2D eigenvalue weighted by Gasteiger charge is -2.37. The molecule has 102 valence electrons. The fraction of sp³-hybridized carbons (Fsp3) is 0.846. The molecule has 0 spiro atoms. The number of hydrogen-bond donors (Lipinski definition) is 1. The van der Waals surface area contributed by atoms with E-state index in [-0.39, 0.29) is 23.4 Å². The molecule has 5 heteroatoms. The fourth-order valence-electron chi connectivity index (χ4n) is 3.19. The molecule has 2 saturated carbocycles. The smallest absolute Gasteiger partial charge is 0.232 e. The summed E-state index contributed by atoms with van der Waals surface area (Å²) in [5, 5.41) is 4.15. The van der Waals surface area contributed by atoms with E-state index in [0.29, 0.717) is 0 Å². The molecule has 2 N–H and O–H groups in total. The molecule has 0 saturated heterocycles. The van der Waals surface area contributed by atoms with Gasteiger partial charge < -0.3 is 10.3 Å². The van der Waals surface area contributed by atoms with Gasteiger partial charge in [0.1, 0.15) is 0 Å². The topological polar surface area (TPSA) is 64.9 Å². The van der Waals surface area contributed by atoms with Crippen LogP contribution >= 0.6 is 12.4 Å². The zero-order chi connectivity index (χ0) is 11.9. The van der Waals surface area contributed by atoms with E-state index in [4.69, 9.17) is 10.3 Å². The number of nitrogens with two attached hydrogens (primary N) is 1. The molecule has 3 rings (SSSR count). The average molecular weight is 272 g/mol. The number of aromatic nitrogens is 2. The molecule has 0 aliphatic heterocycles. The summed E-state index contributed by atoms with van der Waals surface area (Å²) in [4.78, 5) is 4.63. The van der Waals surface area contributed by atoms with Crippen LogP contribution in [0.1, 0.15) is 70.0 Å². The van der Waals surface area contributed by atoms with Crippen LogP contribution in [0.5, 0.6) is 0 Å². The lowest BCUT2D eigenvalue weighted by molar-refractivity contribution is 0.167. The van der Waals surface area contributed by atoms with Crippen molar-refractivity contribution in [2.24, 2.45) is 5.73 Å². The third-order valence-electron chi connectivity index (χ3n) is 4.81. The van der Waals surface area contributed by atoms with Gasteiger partial charge in [-0.3, -0.25) is 0 Å². The molecular weight excluding hydrogens is 250 g/mol. The van der Waals surface area contributed by atoms with E-state index in [1.807, 2.05) is 0 Å². The van der Waals surface area contributed by atoms with Crippen molar-refractivity contribution in [2.75, 3.05) is 0 Å². The Morgan fingerprint density at radius 2 is 1.83 bits per heavy atom. The van der Waals surface area contributed by atoms with E-state index < -0.39 is 0 Å². The largest absolute Gasteiger partial charge is 0.339 e. The van der Waals surface area contributed by atoms with Crippen LogP contribution in [0.15, 0.2) is 4.52 Å². The van der Waals surface area contributed by atoms with Crippen molar-refractivity contribution < 1.29 is 4.52 Å². The molecule has 0 unspecified atom stereocenters. The molecule has 0 amide bonds. The van der Waals surface area contributed by atoms with Gasteiger partial charge in [-0.05, 0) is 32.1 Å². The van der Waals surface area contributed by atoms with Crippen molar-refractivity contribution in [3.05, 3.63) is 11.7 Å². The third kappa shape index (κ3) is 1.95. The summed E-state index contributed by atoms with van der Waals surface area (Å²) in [5.74, 6) is 1.57. The van der Waals surface area contributed by atoms with E-state index in [1.54, 1.807) is 0 Å². The van der Waals surface area contributed by atoms with E-state index in [9.17, 15) is 0 Å². The maximum atomic E-state index is 6.35. The summed E-state index contributed by atoms with van der Waals surface area (Å²) < 4.78 is 5.50. The van der Waals surface area contributed by atoms with Crippen molar-refractivity contribution in [1.29, 1.82) is 0 Å². The standard InChI is InChI=1S/C13H21N3O.ClH/c1-2-12(6-5-7-12)11-15-10(16-17-11)13(14)8-3-4-9-13;/h2-9,14H2,1H3;1H. The van der Waals surface area contributed by atoms with Crippen LogP contribution in [0.3, 0.4) is 0 Å². The van der Waals surface area contributed by atoms with Crippen LogP contribution in [0.25, 0.3) is 0 Å². The Morgan fingerprint density at radius 1 is 1.17 bits per heavy atom. The van der Waals surface area contributed by atoms with Crippen LogP contribution in [0, 0.1) is 0 Å². The van der Waals surface area contributed by atoms with Crippen LogP contribution in [-0.4, -0.2) is 10.1 Å². The second kappa shape index (κ2) is 4.82. The van der Waals surface area contributed by atoms with Gasteiger partial charge in [-0.25, -0.2) is 0 Å². The highest BCUT2D eigenvalue weighted by molar-refractivity contribution is 5.85. The Labute approximate surface area is 114 Å². The van der Waals surface area contributed by atoms with E-state index in [2.05, 4.69) is 17.1 Å². The zero-order valence-corrected chi connectivity index (χ0v) is 11.8. The first-order valence-corrected chi connectivity index (χ1v) is 6.82. The fourth-order valence-corrected chi connectivity index (χ4v) is 3.19. The molecule has 0 bridgehead atoms. The second-order valence-corrected chi connectivity index (χ2v) is 5.77. The maximum Gasteiger partial charge on any atom is 0.232 e. The monoisotopic (exact) mass is 271 g/mol. The van der Waals surface area contributed by atoms with Crippen LogP contribution in [0.2, 0.25) is 0 Å². The molecule has 4 nitrogen and oxygen atoms in total. The van der Waals surface area contributed by atoms with Gasteiger partial charge in [0.2, 0.25) is 5.89 Å². The first-order chi connectivity index (χ1) is 8.19. The Hall–Kier alpha value is -0.610. The van der Waals surface area contributed by atoms with E-state index in [1.165, 1.54) is 32.1 Å². The molecule has 0 atom stereocenters. The Kier molecular flexibility index (Phi) is 3.70. The summed E-state index contributed by atoms with van der Waals surface area (Å²) in [5.41, 5.74) is 6.20. The molecule has 1 aromatic rings. The number of hydrogen-bond acceptors (Lipinski definition) is 4. The Balaban J connectivity index is 0.00000120. The highest BCUT2D eigenvalue weighted by Crippen LogP contribution is 2.46. The van der Waals surface area contributed by atoms with Gasteiger partial charge >= 0.3 is 0 Å². The first-order valence-electron chi connectivity index (χ1n) is 6.82. The molecule has 2 fully saturated rings. The summed E-state index contributed by atoms with van der Waals surface area (Å²) in [7, 11) is 0. The lowest BCUT2D eigenvalue weighted by atomic mass is 9.67. The minimum atomic E-state index is -0.319. The number of halogens is 1. The van der Waals surface area contributed by atoms with Crippen molar-refractivity contribution >= 4 is 12.4 Å². The normalized spacial score (nSPS) is 24.3. The van der Waals surface area contributed by atoms with Gasteiger partial charge in [-0.1, -0.05) is 31.3 Å². The molecule has 2 aliphatic carbocycles.